The van der Waals surface area contributed by atoms with Crippen LogP contribution in [-0.4, -0.2) is 14.9 Å². The van der Waals surface area contributed by atoms with Gasteiger partial charge in [-0.2, -0.15) is 5.10 Å². The summed E-state index contributed by atoms with van der Waals surface area (Å²) in [7, 11) is 0. The molecule has 0 spiro atoms. The van der Waals surface area contributed by atoms with E-state index in [1.165, 1.54) is 6.07 Å². The number of phenols is 1. The highest BCUT2D eigenvalue weighted by Gasteiger charge is 2.05. The zero-order chi connectivity index (χ0) is 10.1. The number of hydrogen-bond acceptors (Lipinski definition) is 3. The number of aromatic hydroxyl groups is 1. The molecule has 14 heavy (non-hydrogen) atoms. The van der Waals surface area contributed by atoms with Crippen molar-refractivity contribution in [1.82, 2.24) is 9.78 Å². The first kappa shape index (κ1) is 8.62. The van der Waals surface area contributed by atoms with E-state index >= 15 is 0 Å². The number of nitrogens with two attached hydrogens (primary N) is 1. The molecule has 0 amide bonds. The lowest BCUT2D eigenvalue weighted by molar-refractivity contribution is 0.471. The highest BCUT2D eigenvalue weighted by Crippen LogP contribution is 2.25. The summed E-state index contributed by atoms with van der Waals surface area (Å²) in [6, 6.07) is 5.16. The van der Waals surface area contributed by atoms with Gasteiger partial charge in [-0.3, -0.25) is 0 Å². The third kappa shape index (κ3) is 1.31. The predicted molar refractivity (Wildman–Crippen MR) is 54.4 cm³/mol. The summed E-state index contributed by atoms with van der Waals surface area (Å²) in [5.41, 5.74) is 7.84. The van der Waals surface area contributed by atoms with Gasteiger partial charge in [0.15, 0.2) is 0 Å². The summed E-state index contributed by atoms with van der Waals surface area (Å²) in [6.07, 6.45) is 3.49. The van der Waals surface area contributed by atoms with Crippen molar-refractivity contribution >= 4 is 5.69 Å². The Labute approximate surface area is 81.6 Å². The van der Waals surface area contributed by atoms with E-state index in [1.54, 1.807) is 16.9 Å². The van der Waals surface area contributed by atoms with Gasteiger partial charge >= 0.3 is 0 Å². The zero-order valence-electron chi connectivity index (χ0n) is 7.81. The number of hydrogen-bond donors (Lipinski definition) is 2. The lowest BCUT2D eigenvalue weighted by Gasteiger charge is -2.08. The van der Waals surface area contributed by atoms with Gasteiger partial charge in [0, 0.05) is 18.5 Å². The fourth-order valence-electron chi connectivity index (χ4n) is 1.31. The van der Waals surface area contributed by atoms with E-state index in [4.69, 9.17) is 5.73 Å². The molecule has 1 aromatic heterocycles. The smallest absolute Gasteiger partial charge is 0.120 e. The third-order valence-corrected chi connectivity index (χ3v) is 2.10. The van der Waals surface area contributed by atoms with Crippen molar-refractivity contribution in [2.24, 2.45) is 0 Å². The Bertz CT molecular complexity index is 449. The Kier molecular flexibility index (Phi) is 1.89. The van der Waals surface area contributed by atoms with Crippen LogP contribution in [-0.2, 0) is 0 Å². The quantitative estimate of drug-likeness (QED) is 0.667. The fraction of sp³-hybridized carbons (Fsp3) is 0.100. The topological polar surface area (TPSA) is 64.1 Å². The van der Waals surface area contributed by atoms with Gasteiger partial charge in [0.1, 0.15) is 5.75 Å². The van der Waals surface area contributed by atoms with Crippen molar-refractivity contribution in [2.45, 2.75) is 6.92 Å². The van der Waals surface area contributed by atoms with Gasteiger partial charge in [-0.15, -0.1) is 0 Å². The number of nitrogen functional groups attached to an aromatic ring is 1. The summed E-state index contributed by atoms with van der Waals surface area (Å²) < 4.78 is 1.67. The van der Waals surface area contributed by atoms with E-state index in [1.807, 2.05) is 19.2 Å². The van der Waals surface area contributed by atoms with Crippen LogP contribution in [0.4, 0.5) is 5.69 Å². The number of nitrogens with zero attached hydrogens (tertiary/aromatic N) is 2. The summed E-state index contributed by atoms with van der Waals surface area (Å²) in [5, 5.41) is 13.5. The maximum absolute atomic E-state index is 9.41. The van der Waals surface area contributed by atoms with Crippen molar-refractivity contribution in [1.29, 1.82) is 0 Å². The van der Waals surface area contributed by atoms with E-state index in [2.05, 4.69) is 5.10 Å². The molecular weight excluding hydrogens is 178 g/mol. The van der Waals surface area contributed by atoms with E-state index < -0.39 is 0 Å². The van der Waals surface area contributed by atoms with Crippen LogP contribution < -0.4 is 5.73 Å². The highest BCUT2D eigenvalue weighted by molar-refractivity contribution is 5.62. The van der Waals surface area contributed by atoms with Crippen molar-refractivity contribution in [2.75, 3.05) is 5.73 Å². The number of anilines is 1. The van der Waals surface area contributed by atoms with Gasteiger partial charge in [-0.05, 0) is 24.6 Å². The van der Waals surface area contributed by atoms with Crippen LogP contribution in [0.5, 0.6) is 5.75 Å². The Morgan fingerprint density at radius 3 is 2.86 bits per heavy atom. The Morgan fingerprint density at radius 1 is 1.43 bits per heavy atom. The second-order valence-corrected chi connectivity index (χ2v) is 3.15. The summed E-state index contributed by atoms with van der Waals surface area (Å²) in [4.78, 5) is 0. The van der Waals surface area contributed by atoms with Gasteiger partial charge in [-0.1, -0.05) is 0 Å². The van der Waals surface area contributed by atoms with Gasteiger partial charge in [0.2, 0.25) is 0 Å². The van der Waals surface area contributed by atoms with Crippen LogP contribution in [0.3, 0.4) is 0 Å². The number of aromatic nitrogens is 2. The highest BCUT2D eigenvalue weighted by atomic mass is 16.3. The molecule has 1 aromatic carbocycles. The second kappa shape index (κ2) is 3.06. The van der Waals surface area contributed by atoms with Crippen LogP contribution in [0.2, 0.25) is 0 Å². The van der Waals surface area contributed by atoms with Gasteiger partial charge in [0.25, 0.3) is 0 Å². The Hall–Kier alpha value is -1.97. The molecule has 0 fully saturated rings. The first-order chi connectivity index (χ1) is 6.68. The molecular formula is C10H11N3O. The molecule has 0 unspecified atom stereocenters. The molecule has 72 valence electrons. The molecule has 2 rings (SSSR count). The Morgan fingerprint density at radius 2 is 2.21 bits per heavy atom. The monoisotopic (exact) mass is 189 g/mol. The molecule has 0 saturated heterocycles. The van der Waals surface area contributed by atoms with Crippen LogP contribution in [0.1, 0.15) is 5.56 Å². The second-order valence-electron chi connectivity index (χ2n) is 3.15. The molecule has 0 aliphatic rings. The Balaban J connectivity index is 2.60. The van der Waals surface area contributed by atoms with Gasteiger partial charge in [-0.25, -0.2) is 4.68 Å². The minimum atomic E-state index is 0.207. The number of rotatable bonds is 1. The maximum atomic E-state index is 9.41. The van der Waals surface area contributed by atoms with Crippen molar-refractivity contribution in [3.8, 4) is 11.4 Å². The first-order valence-electron chi connectivity index (χ1n) is 4.27. The summed E-state index contributed by atoms with van der Waals surface area (Å²) in [5.74, 6) is 0.207. The molecule has 0 atom stereocenters. The van der Waals surface area contributed by atoms with Gasteiger partial charge in [0.05, 0.1) is 11.4 Å². The van der Waals surface area contributed by atoms with Crippen LogP contribution in [0.15, 0.2) is 30.6 Å². The van der Waals surface area contributed by atoms with Crippen molar-refractivity contribution < 1.29 is 5.11 Å². The molecule has 1 heterocycles. The first-order valence-corrected chi connectivity index (χ1v) is 4.27. The minimum Gasteiger partial charge on any atom is -0.508 e. The van der Waals surface area contributed by atoms with Crippen LogP contribution >= 0.6 is 0 Å². The largest absolute Gasteiger partial charge is 0.508 e. The average Bonchev–Trinajstić information content (AvgIpc) is 2.64. The van der Waals surface area contributed by atoms with E-state index in [0.717, 1.165) is 11.3 Å². The average molecular weight is 189 g/mol. The van der Waals surface area contributed by atoms with E-state index in [0.29, 0.717) is 5.69 Å². The molecule has 3 N–H and O–H groups in total. The molecule has 0 aliphatic carbocycles. The maximum Gasteiger partial charge on any atom is 0.120 e. The number of phenolic OH excluding ortho intramolecular Hbond substituents is 1. The van der Waals surface area contributed by atoms with Crippen LogP contribution in [0.25, 0.3) is 5.69 Å². The van der Waals surface area contributed by atoms with Gasteiger partial charge < -0.3 is 10.8 Å². The molecule has 4 nitrogen and oxygen atoms in total. The molecule has 2 aromatic rings. The SMILES string of the molecule is Cc1cc(-n2cccn2)c(N)cc1O. The number of benzene rings is 1. The summed E-state index contributed by atoms with van der Waals surface area (Å²) in [6.45, 7) is 1.82. The predicted octanol–water partition coefficient (Wildman–Crippen LogP) is 1.47. The fourth-order valence-corrected chi connectivity index (χ4v) is 1.31. The molecule has 4 heteroatoms. The molecule has 0 saturated carbocycles. The normalized spacial score (nSPS) is 10.4. The molecule has 0 aliphatic heterocycles. The zero-order valence-corrected chi connectivity index (χ0v) is 7.81. The molecule has 0 bridgehead atoms. The minimum absolute atomic E-state index is 0.207. The van der Waals surface area contributed by atoms with Crippen molar-refractivity contribution in [3.05, 3.63) is 36.2 Å². The van der Waals surface area contributed by atoms with Crippen molar-refractivity contribution in [3.63, 3.8) is 0 Å². The lowest BCUT2D eigenvalue weighted by Crippen LogP contribution is -2.00. The van der Waals surface area contributed by atoms with E-state index in [9.17, 15) is 5.11 Å². The number of aryl methyl sites for hydroxylation is 1. The van der Waals surface area contributed by atoms with Crippen LogP contribution in [0, 0.1) is 6.92 Å². The molecule has 0 radical (unpaired) electrons. The third-order valence-electron chi connectivity index (χ3n) is 2.10. The lowest BCUT2D eigenvalue weighted by atomic mass is 10.1. The van der Waals surface area contributed by atoms with E-state index in [-0.39, 0.29) is 5.75 Å². The standard InChI is InChI=1S/C10H11N3O/c1-7-5-9(8(11)6-10(7)14)13-4-2-3-12-13/h2-6,14H,11H2,1H3. The summed E-state index contributed by atoms with van der Waals surface area (Å²) >= 11 is 0.